The van der Waals surface area contributed by atoms with Gasteiger partial charge in [-0.1, -0.05) is 18.3 Å². The molecule has 0 bridgehead atoms. The van der Waals surface area contributed by atoms with Gasteiger partial charge in [-0.25, -0.2) is 9.18 Å². The number of ether oxygens (including phenoxy) is 1. The lowest BCUT2D eigenvalue weighted by atomic mass is 10.2. The SMILES string of the molecule is CC(=S)NC[C@H]1CN(c2ccc(Nc3cc(C#N)cccc3=O)c(F)c2)C(=O)O1. The van der Waals surface area contributed by atoms with Gasteiger partial charge in [-0.15, -0.1) is 0 Å². The minimum Gasteiger partial charge on any atom is -0.442 e. The molecule has 0 spiro atoms. The average molecular weight is 412 g/mol. The molecule has 1 aliphatic rings. The van der Waals surface area contributed by atoms with Gasteiger partial charge in [0.2, 0.25) is 5.43 Å². The van der Waals surface area contributed by atoms with Crippen LogP contribution in [0.2, 0.25) is 0 Å². The Labute approximate surface area is 171 Å². The van der Waals surface area contributed by atoms with Crippen molar-refractivity contribution in [1.82, 2.24) is 5.32 Å². The van der Waals surface area contributed by atoms with E-state index in [0.717, 1.165) is 0 Å². The fourth-order valence-corrected chi connectivity index (χ4v) is 2.87. The summed E-state index contributed by atoms with van der Waals surface area (Å²) < 4.78 is 19.9. The third-order valence-electron chi connectivity index (χ3n) is 4.20. The highest BCUT2D eigenvalue weighted by atomic mass is 32.1. The molecule has 0 saturated carbocycles. The Morgan fingerprint density at radius 1 is 1.31 bits per heavy atom. The zero-order valence-electron chi connectivity index (χ0n) is 15.4. The van der Waals surface area contributed by atoms with Crippen LogP contribution in [0, 0.1) is 17.1 Å². The molecule has 1 saturated heterocycles. The number of nitrogens with zero attached hydrogens (tertiary/aromatic N) is 2. The van der Waals surface area contributed by atoms with Gasteiger partial charge >= 0.3 is 6.09 Å². The molecule has 1 amide bonds. The van der Waals surface area contributed by atoms with Gasteiger partial charge in [0.05, 0.1) is 46.8 Å². The van der Waals surface area contributed by atoms with Crippen LogP contribution in [0.4, 0.5) is 26.2 Å². The topological polar surface area (TPSA) is 94.5 Å². The molecule has 148 valence electrons. The van der Waals surface area contributed by atoms with Crippen LogP contribution in [0.3, 0.4) is 0 Å². The Kier molecular flexibility index (Phi) is 6.04. The van der Waals surface area contributed by atoms with Crippen molar-refractivity contribution in [3.05, 3.63) is 64.1 Å². The third-order valence-corrected chi connectivity index (χ3v) is 4.35. The fourth-order valence-electron chi connectivity index (χ4n) is 2.79. The number of rotatable bonds is 5. The molecule has 0 unspecified atom stereocenters. The zero-order valence-corrected chi connectivity index (χ0v) is 16.3. The van der Waals surface area contributed by atoms with Crippen LogP contribution in [0.15, 0.2) is 47.3 Å². The van der Waals surface area contributed by atoms with Crippen LogP contribution in [-0.2, 0) is 4.74 Å². The molecule has 1 heterocycles. The van der Waals surface area contributed by atoms with Crippen LogP contribution in [0.1, 0.15) is 12.5 Å². The second-order valence-electron chi connectivity index (χ2n) is 6.36. The number of halogens is 1. The Bertz CT molecular complexity index is 1070. The molecular weight excluding hydrogens is 395 g/mol. The smallest absolute Gasteiger partial charge is 0.414 e. The van der Waals surface area contributed by atoms with Crippen molar-refractivity contribution in [1.29, 1.82) is 5.26 Å². The van der Waals surface area contributed by atoms with Gasteiger partial charge in [0.1, 0.15) is 11.9 Å². The summed E-state index contributed by atoms with van der Waals surface area (Å²) >= 11 is 4.94. The molecule has 0 aromatic heterocycles. The molecule has 2 aromatic carbocycles. The molecule has 0 radical (unpaired) electrons. The van der Waals surface area contributed by atoms with Gasteiger partial charge in [-0.2, -0.15) is 5.26 Å². The highest BCUT2D eigenvalue weighted by Crippen LogP contribution is 2.27. The van der Waals surface area contributed by atoms with Crippen molar-refractivity contribution >= 4 is 40.4 Å². The van der Waals surface area contributed by atoms with Crippen molar-refractivity contribution in [2.75, 3.05) is 23.3 Å². The van der Waals surface area contributed by atoms with E-state index < -0.39 is 18.0 Å². The van der Waals surface area contributed by atoms with Crippen LogP contribution in [0.5, 0.6) is 0 Å². The van der Waals surface area contributed by atoms with E-state index in [0.29, 0.717) is 17.2 Å². The summed E-state index contributed by atoms with van der Waals surface area (Å²) in [7, 11) is 0. The third kappa shape index (κ3) is 4.86. The summed E-state index contributed by atoms with van der Waals surface area (Å²) in [5, 5.41) is 14.7. The summed E-state index contributed by atoms with van der Waals surface area (Å²) in [6, 6.07) is 11.7. The molecule has 7 nitrogen and oxygen atoms in total. The van der Waals surface area contributed by atoms with Crippen molar-refractivity contribution in [3.63, 3.8) is 0 Å². The Hall–Kier alpha value is -3.51. The van der Waals surface area contributed by atoms with Crippen LogP contribution in [0.25, 0.3) is 0 Å². The molecule has 1 fully saturated rings. The predicted octanol–water partition coefficient (Wildman–Crippen LogP) is 3.06. The van der Waals surface area contributed by atoms with Gasteiger partial charge in [0.15, 0.2) is 0 Å². The first-order valence-corrected chi connectivity index (χ1v) is 9.12. The number of nitriles is 1. The highest BCUT2D eigenvalue weighted by molar-refractivity contribution is 7.80. The summed E-state index contributed by atoms with van der Waals surface area (Å²) in [4.78, 5) is 26.1. The number of carbonyl (C=O) groups excluding carboxylic acids is 1. The predicted molar refractivity (Wildman–Crippen MR) is 111 cm³/mol. The lowest BCUT2D eigenvalue weighted by Crippen LogP contribution is -2.32. The maximum Gasteiger partial charge on any atom is 0.414 e. The summed E-state index contributed by atoms with van der Waals surface area (Å²) in [6.45, 7) is 2.36. The molecule has 2 aromatic rings. The maximum absolute atomic E-state index is 14.6. The second kappa shape index (κ2) is 8.67. The van der Waals surface area contributed by atoms with Crippen molar-refractivity contribution in [2.45, 2.75) is 13.0 Å². The number of anilines is 3. The first kappa shape index (κ1) is 20.2. The van der Waals surface area contributed by atoms with Gasteiger partial charge in [0.25, 0.3) is 0 Å². The van der Waals surface area contributed by atoms with Gasteiger partial charge in [-0.05, 0) is 43.3 Å². The number of nitrogens with one attached hydrogen (secondary N) is 2. The lowest BCUT2D eigenvalue weighted by molar-refractivity contribution is 0.143. The van der Waals surface area contributed by atoms with Crippen LogP contribution >= 0.6 is 12.2 Å². The number of cyclic esters (lactones) is 1. The fraction of sp³-hybridized carbons (Fsp3) is 0.200. The van der Waals surface area contributed by atoms with Crippen molar-refractivity contribution < 1.29 is 13.9 Å². The Balaban J connectivity index is 1.79. The molecule has 29 heavy (non-hydrogen) atoms. The van der Waals surface area contributed by atoms with E-state index in [2.05, 4.69) is 10.6 Å². The average Bonchev–Trinajstić information content (AvgIpc) is 2.96. The van der Waals surface area contributed by atoms with Crippen molar-refractivity contribution in [3.8, 4) is 6.07 Å². The van der Waals surface area contributed by atoms with Gasteiger partial charge in [-0.3, -0.25) is 9.69 Å². The van der Waals surface area contributed by atoms with E-state index in [9.17, 15) is 14.0 Å². The van der Waals surface area contributed by atoms with Crippen molar-refractivity contribution in [2.24, 2.45) is 0 Å². The Morgan fingerprint density at radius 2 is 2.10 bits per heavy atom. The monoisotopic (exact) mass is 412 g/mol. The maximum atomic E-state index is 14.6. The molecular formula is C20H17FN4O3S. The number of amides is 1. The number of hydrogen-bond donors (Lipinski definition) is 2. The number of carbonyl (C=O) groups is 1. The minimum atomic E-state index is -0.656. The minimum absolute atomic E-state index is 0.0445. The van der Waals surface area contributed by atoms with E-state index in [-0.39, 0.29) is 28.9 Å². The van der Waals surface area contributed by atoms with E-state index in [4.69, 9.17) is 22.2 Å². The van der Waals surface area contributed by atoms with E-state index in [1.807, 2.05) is 6.07 Å². The quantitative estimate of drug-likeness (QED) is 0.729. The Morgan fingerprint density at radius 3 is 2.79 bits per heavy atom. The number of benzene rings is 1. The molecule has 2 N–H and O–H groups in total. The number of thiocarbonyl (C=S) groups is 1. The largest absolute Gasteiger partial charge is 0.442 e. The standard InChI is InChI=1S/C20H17FN4O3S/c1-12(29)23-10-15-11-25(20(27)28-15)14-5-6-17(16(21)8-14)24-18-7-13(9-22)3-2-4-19(18)26/h2-8,15H,10-11H2,1H3,(H,23,29)(H,24,26)/t15-/m0/s1. The van der Waals surface area contributed by atoms with Crippen LogP contribution < -0.4 is 21.0 Å². The zero-order chi connectivity index (χ0) is 21.0. The molecule has 1 atom stereocenters. The van der Waals surface area contributed by atoms with Crippen LogP contribution in [-0.4, -0.2) is 30.3 Å². The lowest BCUT2D eigenvalue weighted by Gasteiger charge is -2.15. The first-order chi connectivity index (χ1) is 13.9. The van der Waals surface area contributed by atoms with Gasteiger partial charge < -0.3 is 15.4 Å². The van der Waals surface area contributed by atoms with E-state index in [1.165, 1.54) is 41.3 Å². The first-order valence-electron chi connectivity index (χ1n) is 8.71. The highest BCUT2D eigenvalue weighted by Gasteiger charge is 2.32. The molecule has 0 aliphatic carbocycles. The van der Waals surface area contributed by atoms with E-state index in [1.54, 1.807) is 13.0 Å². The molecule has 1 aliphatic heterocycles. The summed E-state index contributed by atoms with van der Waals surface area (Å²) in [6.07, 6.45) is -0.979. The molecule has 9 heteroatoms. The van der Waals surface area contributed by atoms with E-state index >= 15 is 0 Å². The van der Waals surface area contributed by atoms with Gasteiger partial charge in [0, 0.05) is 0 Å². The number of hydrogen-bond acceptors (Lipinski definition) is 6. The molecule has 3 rings (SSSR count). The normalized spacial score (nSPS) is 15.4. The second-order valence-corrected chi connectivity index (χ2v) is 6.97. The summed E-state index contributed by atoms with van der Waals surface area (Å²) in [5.74, 6) is -0.656. The summed E-state index contributed by atoms with van der Waals surface area (Å²) in [5.41, 5.74) is 0.321.